The molecule has 2 rings (SSSR count). The molecule has 0 bridgehead atoms. The summed E-state index contributed by atoms with van der Waals surface area (Å²) in [7, 11) is 0. The molecule has 1 saturated heterocycles. The van der Waals surface area contributed by atoms with Gasteiger partial charge in [-0.3, -0.25) is 0 Å². The molecule has 0 N–H and O–H groups in total. The average Bonchev–Trinajstić information content (AvgIpc) is 2.86. The number of nitrogens with zero attached hydrogens (tertiary/aromatic N) is 1. The van der Waals surface area contributed by atoms with E-state index < -0.39 is 0 Å². The van der Waals surface area contributed by atoms with Gasteiger partial charge >= 0.3 is 0 Å². The molecule has 0 aliphatic carbocycles. The van der Waals surface area contributed by atoms with Crippen molar-refractivity contribution in [2.24, 2.45) is 5.92 Å². The lowest BCUT2D eigenvalue weighted by atomic mass is 9.99. The van der Waals surface area contributed by atoms with Crippen LogP contribution in [0.3, 0.4) is 0 Å². The molecule has 1 aliphatic rings. The summed E-state index contributed by atoms with van der Waals surface area (Å²) < 4.78 is 0. The van der Waals surface area contributed by atoms with Crippen molar-refractivity contribution >= 4 is 17.2 Å². The van der Waals surface area contributed by atoms with E-state index in [4.69, 9.17) is 12.2 Å². The summed E-state index contributed by atoms with van der Waals surface area (Å²) >= 11 is 5.56. The average molecular weight is 261 g/mol. The highest BCUT2D eigenvalue weighted by Crippen LogP contribution is 2.27. The van der Waals surface area contributed by atoms with Crippen LogP contribution in [0, 0.1) is 5.92 Å². The highest BCUT2D eigenvalue weighted by atomic mass is 32.1. The van der Waals surface area contributed by atoms with E-state index in [2.05, 4.69) is 49.1 Å². The van der Waals surface area contributed by atoms with Crippen LogP contribution >= 0.6 is 12.2 Å². The molecule has 18 heavy (non-hydrogen) atoms. The summed E-state index contributed by atoms with van der Waals surface area (Å²) in [5, 5.41) is 0. The second-order valence-corrected chi connectivity index (χ2v) is 6.14. The van der Waals surface area contributed by atoms with Crippen molar-refractivity contribution in [2.45, 2.75) is 39.0 Å². The summed E-state index contributed by atoms with van der Waals surface area (Å²) in [6.45, 7) is 6.77. The quantitative estimate of drug-likeness (QED) is 0.746. The van der Waals surface area contributed by atoms with E-state index in [1.54, 1.807) is 0 Å². The SMILES string of the molecule is CC(C)CCC(=S)N1CCC(c2ccccc2)C1. The molecule has 1 nitrogen and oxygen atoms in total. The van der Waals surface area contributed by atoms with Crippen LogP contribution in [-0.2, 0) is 0 Å². The summed E-state index contributed by atoms with van der Waals surface area (Å²) in [4.78, 5) is 3.58. The number of likely N-dealkylation sites (tertiary alicyclic amines) is 1. The second kappa shape index (κ2) is 6.33. The van der Waals surface area contributed by atoms with Crippen LogP contribution in [0.15, 0.2) is 30.3 Å². The Morgan fingerprint density at radius 3 is 2.72 bits per heavy atom. The van der Waals surface area contributed by atoms with Gasteiger partial charge in [-0.2, -0.15) is 0 Å². The smallest absolute Gasteiger partial charge is 0.0779 e. The van der Waals surface area contributed by atoms with Crippen molar-refractivity contribution in [3.8, 4) is 0 Å². The minimum Gasteiger partial charge on any atom is -0.366 e. The maximum atomic E-state index is 5.56. The van der Waals surface area contributed by atoms with Crippen LogP contribution in [0.2, 0.25) is 0 Å². The Morgan fingerprint density at radius 2 is 2.06 bits per heavy atom. The summed E-state index contributed by atoms with van der Waals surface area (Å²) in [5.41, 5.74) is 1.46. The first kappa shape index (κ1) is 13.5. The van der Waals surface area contributed by atoms with Gasteiger partial charge in [-0.15, -0.1) is 0 Å². The Bertz CT molecular complexity index is 385. The van der Waals surface area contributed by atoms with Crippen molar-refractivity contribution in [3.05, 3.63) is 35.9 Å². The standard InChI is InChI=1S/C16H23NS/c1-13(2)8-9-16(18)17-11-10-15(12-17)14-6-4-3-5-7-14/h3-7,13,15H,8-12H2,1-2H3. The highest BCUT2D eigenvalue weighted by molar-refractivity contribution is 7.80. The van der Waals surface area contributed by atoms with E-state index in [1.807, 2.05) is 0 Å². The predicted octanol–water partition coefficient (Wildman–Crippen LogP) is 4.24. The van der Waals surface area contributed by atoms with Crippen molar-refractivity contribution in [1.29, 1.82) is 0 Å². The molecule has 0 aromatic heterocycles. The Kier molecular flexibility index (Phi) is 4.76. The van der Waals surface area contributed by atoms with Gasteiger partial charge in [-0.05, 0) is 30.7 Å². The third-order valence-corrected chi connectivity index (χ3v) is 4.21. The van der Waals surface area contributed by atoms with Gasteiger partial charge in [0.15, 0.2) is 0 Å². The van der Waals surface area contributed by atoms with Crippen LogP contribution in [0.1, 0.15) is 44.6 Å². The molecule has 0 saturated carbocycles. The summed E-state index contributed by atoms with van der Waals surface area (Å²) in [6.07, 6.45) is 3.53. The Labute approximate surface area is 116 Å². The van der Waals surface area contributed by atoms with Crippen molar-refractivity contribution in [1.82, 2.24) is 4.90 Å². The zero-order valence-electron chi connectivity index (χ0n) is 11.4. The molecule has 98 valence electrons. The molecule has 1 atom stereocenters. The van der Waals surface area contributed by atoms with Gasteiger partial charge in [0.25, 0.3) is 0 Å². The van der Waals surface area contributed by atoms with Crippen LogP contribution in [0.5, 0.6) is 0 Å². The predicted molar refractivity (Wildman–Crippen MR) is 82.0 cm³/mol. The lowest BCUT2D eigenvalue weighted by Crippen LogP contribution is -2.26. The molecule has 0 amide bonds. The van der Waals surface area contributed by atoms with Crippen molar-refractivity contribution < 1.29 is 0 Å². The third-order valence-electron chi connectivity index (χ3n) is 3.75. The Hall–Kier alpha value is -0.890. The largest absolute Gasteiger partial charge is 0.366 e. The molecule has 0 radical (unpaired) electrons. The topological polar surface area (TPSA) is 3.24 Å². The van der Waals surface area contributed by atoms with Crippen LogP contribution in [0.25, 0.3) is 0 Å². The minimum atomic E-state index is 0.670. The van der Waals surface area contributed by atoms with Gasteiger partial charge in [0.2, 0.25) is 0 Å². The molecule has 0 spiro atoms. The van der Waals surface area contributed by atoms with E-state index in [1.165, 1.54) is 23.4 Å². The number of hydrogen-bond donors (Lipinski definition) is 0. The first-order valence-electron chi connectivity index (χ1n) is 6.99. The molecule has 1 aromatic carbocycles. The molecule has 1 aliphatic heterocycles. The van der Waals surface area contributed by atoms with Crippen LogP contribution < -0.4 is 0 Å². The fourth-order valence-electron chi connectivity index (χ4n) is 2.55. The molecule has 1 fully saturated rings. The van der Waals surface area contributed by atoms with E-state index >= 15 is 0 Å². The lowest BCUT2D eigenvalue weighted by molar-refractivity contribution is 0.494. The zero-order valence-corrected chi connectivity index (χ0v) is 12.2. The van der Waals surface area contributed by atoms with E-state index in [0.29, 0.717) is 5.92 Å². The highest BCUT2D eigenvalue weighted by Gasteiger charge is 2.24. The molecule has 2 heteroatoms. The Balaban J connectivity index is 1.87. The molecule has 1 heterocycles. The number of rotatable bonds is 4. The normalized spacial score (nSPS) is 19.5. The van der Waals surface area contributed by atoms with E-state index in [9.17, 15) is 0 Å². The minimum absolute atomic E-state index is 0.670. The van der Waals surface area contributed by atoms with Gasteiger partial charge in [-0.1, -0.05) is 56.4 Å². The maximum absolute atomic E-state index is 5.56. The first-order chi connectivity index (χ1) is 8.66. The fraction of sp³-hybridized carbons (Fsp3) is 0.562. The Morgan fingerprint density at radius 1 is 1.33 bits per heavy atom. The van der Waals surface area contributed by atoms with Crippen molar-refractivity contribution in [3.63, 3.8) is 0 Å². The van der Waals surface area contributed by atoms with Gasteiger partial charge in [0.05, 0.1) is 4.99 Å². The van der Waals surface area contributed by atoms with E-state index in [0.717, 1.165) is 25.4 Å². The fourth-order valence-corrected chi connectivity index (χ4v) is 2.84. The third kappa shape index (κ3) is 3.55. The molecule has 1 aromatic rings. The number of thiocarbonyl (C=S) groups is 1. The van der Waals surface area contributed by atoms with Gasteiger partial charge in [0.1, 0.15) is 0 Å². The van der Waals surface area contributed by atoms with Gasteiger partial charge in [0, 0.05) is 19.0 Å². The summed E-state index contributed by atoms with van der Waals surface area (Å²) in [5.74, 6) is 1.42. The van der Waals surface area contributed by atoms with Crippen LogP contribution in [0.4, 0.5) is 0 Å². The molecule has 1 unspecified atom stereocenters. The number of benzene rings is 1. The van der Waals surface area contributed by atoms with Gasteiger partial charge < -0.3 is 4.90 Å². The lowest BCUT2D eigenvalue weighted by Gasteiger charge is -2.20. The number of hydrogen-bond acceptors (Lipinski definition) is 1. The maximum Gasteiger partial charge on any atom is 0.0779 e. The van der Waals surface area contributed by atoms with E-state index in [-0.39, 0.29) is 0 Å². The van der Waals surface area contributed by atoms with Crippen LogP contribution in [-0.4, -0.2) is 23.0 Å². The molecular formula is C16H23NS. The zero-order chi connectivity index (χ0) is 13.0. The molecular weight excluding hydrogens is 238 g/mol. The summed E-state index contributed by atoms with van der Waals surface area (Å²) in [6, 6.07) is 10.8. The first-order valence-corrected chi connectivity index (χ1v) is 7.40. The van der Waals surface area contributed by atoms with Crippen molar-refractivity contribution in [2.75, 3.05) is 13.1 Å². The second-order valence-electron chi connectivity index (χ2n) is 5.67. The van der Waals surface area contributed by atoms with Gasteiger partial charge in [-0.25, -0.2) is 0 Å². The monoisotopic (exact) mass is 261 g/mol.